The minimum Gasteiger partial charge on any atom is -0.480 e. The van der Waals surface area contributed by atoms with Crippen molar-refractivity contribution in [1.82, 2.24) is 0 Å². The minimum atomic E-state index is -2.62. The molecule has 0 radical (unpaired) electrons. The molecule has 25 atom stereocenters. The zero-order valence-corrected chi connectivity index (χ0v) is 45.1. The standard InChI is InChI=1S/C53H82O25/c1-48(2)14-16-53(47(70)78-45-35(63)33(61)31(59)25(20-55)73-45)17-15-51(6)22(23(53)18-48)8-9-27-50(5)12-11-28(49(3,4)26(50)10-13-52(27,51)7)74-46-40(77-44-34(62)32(60)30(58)24(19-54)72-44)38(36(64)39(76-46)42(68)69)75-43(37(65)41(66)67)71-21-29(56)57/h8,23-28,30-40,43-46,54-55,58-65H,9-21H2,1-7H3,(H,56,57)(H,66,67)(H,68,69)/t23-,24+,25+,26-,27+,28-,30+,31+,32-,33-,34+,35+,36-,37?,38-,39-,40+,43?,44-,45-,46+,50-,51+,52+,53-/m1/s1. The highest BCUT2D eigenvalue weighted by Crippen LogP contribution is 2.76. The molecule has 0 aromatic rings. The van der Waals surface area contributed by atoms with Crippen LogP contribution in [-0.2, 0) is 57.1 Å². The largest absolute Gasteiger partial charge is 0.480 e. The summed E-state index contributed by atoms with van der Waals surface area (Å²) in [4.78, 5) is 51.2. The number of carboxylic acid groups (broad SMARTS) is 3. The van der Waals surface area contributed by atoms with Crippen LogP contribution in [0.2, 0.25) is 0 Å². The van der Waals surface area contributed by atoms with Crippen LogP contribution in [0.3, 0.4) is 0 Å². The van der Waals surface area contributed by atoms with Crippen molar-refractivity contribution >= 4 is 23.9 Å². The maximum absolute atomic E-state index is 14.8. The molecule has 2 unspecified atom stereocenters. The summed E-state index contributed by atoms with van der Waals surface area (Å²) in [6, 6.07) is 0. The number of esters is 1. The molecular formula is C53H82O25. The Balaban J connectivity index is 1.09. The van der Waals surface area contributed by atoms with Gasteiger partial charge in [0.1, 0.15) is 73.8 Å². The topological polar surface area (TPSA) is 405 Å². The number of aliphatic carboxylic acids is 3. The van der Waals surface area contributed by atoms with Crippen LogP contribution < -0.4 is 0 Å². The van der Waals surface area contributed by atoms with Crippen LogP contribution in [-0.4, -0.2) is 221 Å². The van der Waals surface area contributed by atoms with Gasteiger partial charge in [-0.25, -0.2) is 14.4 Å². The molecule has 0 aromatic carbocycles. The summed E-state index contributed by atoms with van der Waals surface area (Å²) in [5, 5.41) is 136. The Morgan fingerprint density at radius 2 is 1.27 bits per heavy atom. The average Bonchev–Trinajstić information content (AvgIpc) is 3.35. The van der Waals surface area contributed by atoms with Crippen molar-refractivity contribution in [2.45, 2.75) is 223 Å². The molecule has 444 valence electrons. The molecule has 0 aromatic heterocycles. The van der Waals surface area contributed by atoms with Crippen molar-refractivity contribution in [1.29, 1.82) is 0 Å². The summed E-state index contributed by atoms with van der Waals surface area (Å²) >= 11 is 0. The fraction of sp³-hybridized carbons (Fsp3) is 0.887. The zero-order chi connectivity index (χ0) is 57.6. The first kappa shape index (κ1) is 61.0. The first-order valence-corrected chi connectivity index (χ1v) is 27.1. The molecule has 8 aliphatic rings. The van der Waals surface area contributed by atoms with E-state index in [1.807, 2.05) is 13.8 Å². The highest BCUT2D eigenvalue weighted by Gasteiger charge is 2.70. The van der Waals surface area contributed by atoms with Crippen LogP contribution in [0.5, 0.6) is 0 Å². The van der Waals surface area contributed by atoms with Crippen molar-refractivity contribution in [2.24, 2.45) is 50.2 Å². The second-order valence-corrected chi connectivity index (χ2v) is 25.5. The van der Waals surface area contributed by atoms with Crippen LogP contribution in [0.4, 0.5) is 0 Å². The number of hydrogen-bond acceptors (Lipinski definition) is 22. The molecule has 0 spiro atoms. The van der Waals surface area contributed by atoms with Crippen LogP contribution in [0.25, 0.3) is 0 Å². The van der Waals surface area contributed by atoms with Gasteiger partial charge in [0.2, 0.25) is 12.4 Å². The zero-order valence-electron chi connectivity index (χ0n) is 45.1. The van der Waals surface area contributed by atoms with Crippen molar-refractivity contribution in [3.8, 4) is 0 Å². The summed E-state index contributed by atoms with van der Waals surface area (Å²) in [5.74, 6) is -6.13. The van der Waals surface area contributed by atoms with E-state index in [0.717, 1.165) is 12.8 Å². The molecule has 5 aliphatic carbocycles. The fourth-order valence-corrected chi connectivity index (χ4v) is 15.8. The predicted molar refractivity (Wildman–Crippen MR) is 261 cm³/mol. The summed E-state index contributed by atoms with van der Waals surface area (Å²) in [5.41, 5.74) is -1.80. The lowest BCUT2D eigenvalue weighted by atomic mass is 9.33. The Kier molecular flexibility index (Phi) is 17.4. The molecule has 3 saturated heterocycles. The maximum atomic E-state index is 14.8. The highest BCUT2D eigenvalue weighted by atomic mass is 16.8. The first-order chi connectivity index (χ1) is 36.3. The van der Waals surface area contributed by atoms with Crippen molar-refractivity contribution < 1.29 is 123 Å². The molecule has 0 amide bonds. The van der Waals surface area contributed by atoms with E-state index in [4.69, 9.17) is 37.9 Å². The smallest absolute Gasteiger partial charge is 0.337 e. The Bertz CT molecular complexity index is 2240. The van der Waals surface area contributed by atoms with Gasteiger partial charge in [-0.15, -0.1) is 0 Å². The van der Waals surface area contributed by atoms with Crippen LogP contribution in [0, 0.1) is 50.2 Å². The van der Waals surface area contributed by atoms with E-state index in [9.17, 15) is 85.6 Å². The number of aliphatic hydroxyl groups excluding tert-OH is 10. The number of aliphatic hydroxyl groups is 10. The Hall–Kier alpha value is -3.06. The number of carbonyl (C=O) groups is 4. The lowest BCUT2D eigenvalue weighted by Crippen LogP contribution is -2.68. The summed E-state index contributed by atoms with van der Waals surface area (Å²) in [6.45, 7) is 12.5. The van der Waals surface area contributed by atoms with Gasteiger partial charge in [-0.1, -0.05) is 60.1 Å². The second-order valence-electron chi connectivity index (χ2n) is 25.5. The van der Waals surface area contributed by atoms with Gasteiger partial charge in [0, 0.05) is 0 Å². The molecule has 25 heteroatoms. The van der Waals surface area contributed by atoms with Gasteiger partial charge in [0.05, 0.1) is 24.7 Å². The Labute approximate surface area is 451 Å². The van der Waals surface area contributed by atoms with E-state index < -0.39 is 171 Å². The third kappa shape index (κ3) is 10.4. The van der Waals surface area contributed by atoms with Gasteiger partial charge in [-0.2, -0.15) is 0 Å². The van der Waals surface area contributed by atoms with E-state index in [1.54, 1.807) is 0 Å². The third-order valence-corrected chi connectivity index (χ3v) is 20.4. The SMILES string of the molecule is CC1(C)CC[C@@]2(C(=O)O[C@H]3O[C@@H](CO)[C@H](O)[C@@H](O)[C@@H]3O)CC[C@@]3(C)C(=CC[C@H]4[C@]5(C)CC[C@@H](O[C@H]6O[C@@H](C(=O)O)[C@H](O)[C@@H](OC(OCC(=O)O)C(O)C(=O)O)[C@@H]6O[C@H]6O[C@@H](CO)[C@H](O)[C@@H](O)[C@@H]6O)C(C)(C)[C@H]5CC[C@@]43C)[C@H]2C1. The van der Waals surface area contributed by atoms with Crippen LogP contribution in [0.1, 0.15) is 113 Å². The van der Waals surface area contributed by atoms with Crippen LogP contribution >= 0.6 is 0 Å². The number of carboxylic acids is 3. The number of carbonyl (C=O) groups excluding carboxylic acids is 1. The summed E-state index contributed by atoms with van der Waals surface area (Å²) in [7, 11) is 0. The quantitative estimate of drug-likeness (QED) is 0.0387. The van der Waals surface area contributed by atoms with E-state index in [-0.39, 0.29) is 34.0 Å². The van der Waals surface area contributed by atoms with E-state index >= 15 is 0 Å². The number of hydrogen-bond donors (Lipinski definition) is 13. The van der Waals surface area contributed by atoms with E-state index in [0.29, 0.717) is 51.4 Å². The van der Waals surface area contributed by atoms with E-state index in [1.165, 1.54) is 5.57 Å². The third-order valence-electron chi connectivity index (χ3n) is 20.4. The Morgan fingerprint density at radius 3 is 1.86 bits per heavy atom. The number of fused-ring (bicyclic) bond motifs is 7. The molecule has 0 bridgehead atoms. The van der Waals surface area contributed by atoms with Crippen molar-refractivity contribution in [3.05, 3.63) is 11.6 Å². The van der Waals surface area contributed by atoms with Gasteiger partial charge in [0.25, 0.3) is 0 Å². The van der Waals surface area contributed by atoms with Crippen LogP contribution in [0.15, 0.2) is 11.6 Å². The molecule has 78 heavy (non-hydrogen) atoms. The molecule has 3 aliphatic heterocycles. The minimum absolute atomic E-state index is 0.0778. The normalized spacial score (nSPS) is 47.6. The van der Waals surface area contributed by atoms with Gasteiger partial charge in [-0.3, -0.25) is 4.79 Å². The van der Waals surface area contributed by atoms with Crippen molar-refractivity contribution in [3.63, 3.8) is 0 Å². The van der Waals surface area contributed by atoms with E-state index in [2.05, 4.69) is 40.7 Å². The molecular weight excluding hydrogens is 1040 g/mol. The summed E-state index contributed by atoms with van der Waals surface area (Å²) < 4.78 is 47.0. The molecule has 8 rings (SSSR count). The predicted octanol–water partition coefficient (Wildman–Crippen LogP) is -0.870. The highest BCUT2D eigenvalue weighted by molar-refractivity contribution is 5.79. The summed E-state index contributed by atoms with van der Waals surface area (Å²) in [6.07, 6.45) is -25.4. The number of ether oxygens (including phenoxy) is 8. The van der Waals surface area contributed by atoms with Gasteiger partial charge in [-0.05, 0) is 109 Å². The first-order valence-electron chi connectivity index (χ1n) is 27.1. The van der Waals surface area contributed by atoms with Crippen molar-refractivity contribution in [2.75, 3.05) is 19.8 Å². The maximum Gasteiger partial charge on any atom is 0.337 e. The average molecular weight is 1120 g/mol. The molecule has 13 N–H and O–H groups in total. The molecule has 7 fully saturated rings. The fourth-order valence-electron chi connectivity index (χ4n) is 15.8. The molecule has 3 heterocycles. The van der Waals surface area contributed by atoms with Gasteiger partial charge in [0.15, 0.2) is 25.0 Å². The second kappa shape index (κ2) is 22.3. The lowest BCUT2D eigenvalue weighted by molar-refractivity contribution is -0.387. The number of rotatable bonds is 16. The molecule has 25 nitrogen and oxygen atoms in total. The number of allylic oxidation sites excluding steroid dienone is 2. The Morgan fingerprint density at radius 1 is 0.667 bits per heavy atom. The monoisotopic (exact) mass is 1120 g/mol. The lowest BCUT2D eigenvalue weighted by Gasteiger charge is -2.71. The van der Waals surface area contributed by atoms with Gasteiger partial charge < -0.3 is 104 Å². The molecule has 4 saturated carbocycles. The van der Waals surface area contributed by atoms with Gasteiger partial charge >= 0.3 is 23.9 Å².